The highest BCUT2D eigenvalue weighted by Gasteiger charge is 2.28. The van der Waals surface area contributed by atoms with E-state index in [9.17, 15) is 14.7 Å². The van der Waals surface area contributed by atoms with Crippen molar-refractivity contribution in [1.82, 2.24) is 19.1 Å². The molecule has 2 aromatic heterocycles. The first-order valence-corrected chi connectivity index (χ1v) is 9.87. The lowest BCUT2D eigenvalue weighted by Gasteiger charge is -2.37. The monoisotopic (exact) mass is 395 g/mol. The highest BCUT2D eigenvalue weighted by Crippen LogP contribution is 2.22. The molecule has 0 saturated carbocycles. The van der Waals surface area contributed by atoms with Crippen molar-refractivity contribution in [2.45, 2.75) is 32.4 Å². The summed E-state index contributed by atoms with van der Waals surface area (Å²) in [6, 6.07) is 12.8. The van der Waals surface area contributed by atoms with Crippen LogP contribution in [0.2, 0.25) is 0 Å². The quantitative estimate of drug-likeness (QED) is 0.708. The summed E-state index contributed by atoms with van der Waals surface area (Å²) >= 11 is 0. The van der Waals surface area contributed by atoms with Crippen LogP contribution in [0.3, 0.4) is 0 Å². The molecule has 0 unspecified atom stereocenters. The molecule has 8 nitrogen and oxygen atoms in total. The number of hydrogen-bond donors (Lipinski definition) is 2. The molecule has 2 amide bonds. The summed E-state index contributed by atoms with van der Waals surface area (Å²) in [6.07, 6.45) is 3.51. The zero-order valence-corrected chi connectivity index (χ0v) is 16.4. The Morgan fingerprint density at radius 1 is 1.24 bits per heavy atom. The summed E-state index contributed by atoms with van der Waals surface area (Å²) < 4.78 is 2.91. The number of likely N-dealkylation sites (tertiary alicyclic amines) is 1. The molecule has 0 radical (unpaired) electrons. The van der Waals surface area contributed by atoms with E-state index < -0.39 is 0 Å². The lowest BCUT2D eigenvalue weighted by atomic mass is 9.94. The van der Waals surface area contributed by atoms with Crippen molar-refractivity contribution >= 4 is 17.4 Å². The Morgan fingerprint density at radius 2 is 2.10 bits per heavy atom. The molecule has 1 aliphatic rings. The number of amides is 2. The lowest BCUT2D eigenvalue weighted by molar-refractivity contribution is 0.107. The first-order chi connectivity index (χ1) is 14.0. The van der Waals surface area contributed by atoms with Gasteiger partial charge < -0.3 is 15.3 Å². The van der Waals surface area contributed by atoms with Gasteiger partial charge in [0, 0.05) is 31.1 Å². The number of hydrogen-bond acceptors (Lipinski definition) is 4. The number of aromatic nitrogens is 3. The Kier molecular flexibility index (Phi) is 5.35. The largest absolute Gasteiger partial charge is 0.396 e. The third-order valence-electron chi connectivity index (χ3n) is 5.50. The Morgan fingerprint density at radius 3 is 2.90 bits per heavy atom. The highest BCUT2D eigenvalue weighted by molar-refractivity contribution is 5.89. The highest BCUT2D eigenvalue weighted by atomic mass is 16.3. The molecule has 0 bridgehead atoms. The second-order valence-electron chi connectivity index (χ2n) is 7.63. The predicted molar refractivity (Wildman–Crippen MR) is 110 cm³/mol. The van der Waals surface area contributed by atoms with E-state index in [2.05, 4.69) is 10.4 Å². The fourth-order valence-corrected chi connectivity index (χ4v) is 3.80. The van der Waals surface area contributed by atoms with Crippen LogP contribution in [0.15, 0.2) is 53.5 Å². The van der Waals surface area contributed by atoms with Crippen molar-refractivity contribution in [3.8, 4) is 0 Å². The molecule has 0 aliphatic carbocycles. The van der Waals surface area contributed by atoms with E-state index in [0.717, 1.165) is 18.4 Å². The molecule has 1 aliphatic heterocycles. The Bertz CT molecular complexity index is 1070. The summed E-state index contributed by atoms with van der Waals surface area (Å²) in [6.45, 7) is 3.00. The van der Waals surface area contributed by atoms with Crippen LogP contribution in [-0.4, -0.2) is 49.4 Å². The lowest BCUT2D eigenvalue weighted by Crippen LogP contribution is -2.48. The number of urea groups is 1. The average Bonchev–Trinajstić information content (AvgIpc) is 3.04. The molecule has 1 saturated heterocycles. The first kappa shape index (κ1) is 19.2. The van der Waals surface area contributed by atoms with E-state index in [-0.39, 0.29) is 30.3 Å². The second-order valence-corrected chi connectivity index (χ2v) is 7.63. The van der Waals surface area contributed by atoms with Crippen LogP contribution < -0.4 is 11.0 Å². The Hall–Kier alpha value is -3.13. The summed E-state index contributed by atoms with van der Waals surface area (Å²) in [5.41, 5.74) is 1.93. The summed E-state index contributed by atoms with van der Waals surface area (Å²) in [5, 5.41) is 16.7. The number of carbonyl (C=O) groups is 1. The maximum atomic E-state index is 12.7. The number of aliphatic hydroxyl groups is 1. The molecule has 1 fully saturated rings. The number of anilines is 1. The zero-order chi connectivity index (χ0) is 20.4. The van der Waals surface area contributed by atoms with Gasteiger partial charge in [-0.2, -0.15) is 0 Å². The van der Waals surface area contributed by atoms with E-state index in [1.54, 1.807) is 23.2 Å². The smallest absolute Gasteiger partial charge is 0.350 e. The first-order valence-electron chi connectivity index (χ1n) is 9.87. The third-order valence-corrected chi connectivity index (χ3v) is 5.50. The minimum absolute atomic E-state index is 0.0970. The summed E-state index contributed by atoms with van der Waals surface area (Å²) in [7, 11) is 0. The average molecular weight is 395 g/mol. The van der Waals surface area contributed by atoms with E-state index >= 15 is 0 Å². The van der Waals surface area contributed by atoms with Crippen LogP contribution in [0, 0.1) is 5.92 Å². The number of piperidine rings is 1. The Balaban J connectivity index is 1.49. The van der Waals surface area contributed by atoms with Gasteiger partial charge in [-0.25, -0.2) is 14.3 Å². The van der Waals surface area contributed by atoms with Crippen LogP contribution >= 0.6 is 0 Å². The molecule has 152 valence electrons. The maximum Gasteiger partial charge on any atom is 0.350 e. The molecule has 2 atom stereocenters. The maximum absolute atomic E-state index is 12.7. The van der Waals surface area contributed by atoms with Crippen molar-refractivity contribution in [1.29, 1.82) is 0 Å². The van der Waals surface area contributed by atoms with Gasteiger partial charge in [0.05, 0.1) is 6.54 Å². The molecule has 8 heteroatoms. The van der Waals surface area contributed by atoms with Crippen LogP contribution in [0.1, 0.15) is 25.3 Å². The molecule has 4 rings (SSSR count). The molecule has 3 aromatic rings. The van der Waals surface area contributed by atoms with Crippen molar-refractivity contribution < 1.29 is 9.90 Å². The molecule has 0 spiro atoms. The fourth-order valence-electron chi connectivity index (χ4n) is 3.80. The van der Waals surface area contributed by atoms with Gasteiger partial charge in [0.15, 0.2) is 5.65 Å². The fraction of sp³-hybridized carbons (Fsp3) is 0.381. The van der Waals surface area contributed by atoms with E-state index in [0.29, 0.717) is 24.4 Å². The van der Waals surface area contributed by atoms with Crippen LogP contribution in [0.25, 0.3) is 5.65 Å². The standard InChI is InChI=1S/C21H25N5O3/c1-15-8-9-17(14-27)12-25(15)20(28)22-18-6-4-5-16(11-18)13-26-21(29)24-10-3-2-7-19(24)23-26/h2-7,10-11,15,17,27H,8-9,12-14H2,1H3,(H,22,28)/t15-,17+/m1/s1. The van der Waals surface area contributed by atoms with Crippen molar-refractivity contribution in [3.05, 3.63) is 64.7 Å². The van der Waals surface area contributed by atoms with Gasteiger partial charge in [-0.1, -0.05) is 18.2 Å². The van der Waals surface area contributed by atoms with Crippen LogP contribution in [0.5, 0.6) is 0 Å². The van der Waals surface area contributed by atoms with Gasteiger partial charge >= 0.3 is 11.7 Å². The van der Waals surface area contributed by atoms with Crippen molar-refractivity contribution in [3.63, 3.8) is 0 Å². The number of fused-ring (bicyclic) bond motifs is 1. The van der Waals surface area contributed by atoms with Gasteiger partial charge in [-0.05, 0) is 55.5 Å². The molecule has 1 aromatic carbocycles. The molecule has 29 heavy (non-hydrogen) atoms. The van der Waals surface area contributed by atoms with Gasteiger partial charge in [0.2, 0.25) is 0 Å². The molecular formula is C21H25N5O3. The normalized spacial score (nSPS) is 19.4. The number of aliphatic hydroxyl groups excluding tert-OH is 1. The predicted octanol–water partition coefficient (Wildman–Crippen LogP) is 2.17. The SMILES string of the molecule is C[C@@H]1CC[C@H](CO)CN1C(=O)Nc1cccc(Cn2nc3ccccn3c2=O)c1. The second kappa shape index (κ2) is 8.08. The summed E-state index contributed by atoms with van der Waals surface area (Å²) in [4.78, 5) is 27.0. The van der Waals surface area contributed by atoms with Crippen LogP contribution in [-0.2, 0) is 6.54 Å². The van der Waals surface area contributed by atoms with Crippen molar-refractivity contribution in [2.24, 2.45) is 5.92 Å². The van der Waals surface area contributed by atoms with Gasteiger partial charge in [-0.3, -0.25) is 4.40 Å². The Labute approximate surface area is 168 Å². The van der Waals surface area contributed by atoms with Crippen LogP contribution in [0.4, 0.5) is 10.5 Å². The van der Waals surface area contributed by atoms with E-state index in [1.165, 1.54) is 9.08 Å². The number of nitrogens with zero attached hydrogens (tertiary/aromatic N) is 4. The van der Waals surface area contributed by atoms with Crippen molar-refractivity contribution in [2.75, 3.05) is 18.5 Å². The number of benzene rings is 1. The van der Waals surface area contributed by atoms with E-state index in [4.69, 9.17) is 0 Å². The minimum atomic E-state index is -0.202. The molecule has 2 N–H and O–H groups in total. The molecular weight excluding hydrogens is 370 g/mol. The van der Waals surface area contributed by atoms with Gasteiger partial charge in [0.25, 0.3) is 0 Å². The van der Waals surface area contributed by atoms with Gasteiger partial charge in [0.1, 0.15) is 0 Å². The minimum Gasteiger partial charge on any atom is -0.396 e. The number of carbonyl (C=O) groups excluding carboxylic acids is 1. The number of nitrogens with one attached hydrogen (secondary N) is 1. The summed E-state index contributed by atoms with van der Waals surface area (Å²) in [5.74, 6) is 0.130. The number of pyridine rings is 1. The third kappa shape index (κ3) is 4.02. The number of rotatable bonds is 4. The topological polar surface area (TPSA) is 91.9 Å². The van der Waals surface area contributed by atoms with Gasteiger partial charge in [-0.15, -0.1) is 5.10 Å². The zero-order valence-electron chi connectivity index (χ0n) is 16.4. The van der Waals surface area contributed by atoms with E-state index in [1.807, 2.05) is 37.3 Å². The molecule has 3 heterocycles.